The molecular formula is C34H23N5. The Balaban J connectivity index is 1.22. The van der Waals surface area contributed by atoms with Crippen LogP contribution in [0.15, 0.2) is 140 Å². The molecule has 4 aromatic carbocycles. The van der Waals surface area contributed by atoms with Crippen LogP contribution in [0.4, 0.5) is 0 Å². The van der Waals surface area contributed by atoms with Crippen molar-refractivity contribution >= 4 is 5.65 Å². The van der Waals surface area contributed by atoms with Crippen LogP contribution in [0.25, 0.3) is 62.2 Å². The summed E-state index contributed by atoms with van der Waals surface area (Å²) in [4.78, 5) is 19.0. The zero-order valence-corrected chi connectivity index (χ0v) is 21.0. The van der Waals surface area contributed by atoms with Gasteiger partial charge in [0, 0.05) is 28.5 Å². The lowest BCUT2D eigenvalue weighted by Gasteiger charge is -2.09. The Morgan fingerprint density at radius 3 is 1.36 bits per heavy atom. The van der Waals surface area contributed by atoms with Gasteiger partial charge >= 0.3 is 0 Å². The van der Waals surface area contributed by atoms with E-state index in [9.17, 15) is 0 Å². The summed E-state index contributed by atoms with van der Waals surface area (Å²) in [5.41, 5.74) is 8.27. The number of imidazole rings is 1. The van der Waals surface area contributed by atoms with Crippen molar-refractivity contribution in [1.29, 1.82) is 0 Å². The number of hydrogen-bond acceptors (Lipinski definition) is 4. The lowest BCUT2D eigenvalue weighted by Crippen LogP contribution is -2.00. The SMILES string of the molecule is c1ccc(-c2nc(-c3ccccc3)nc(-c3ccc(-c4ccc(-c5cnc6ccccn56)cc4)cc3)n2)cc1. The zero-order chi connectivity index (χ0) is 26.0. The molecule has 0 bridgehead atoms. The Labute approximate surface area is 226 Å². The van der Waals surface area contributed by atoms with Crippen molar-refractivity contribution < 1.29 is 0 Å². The second kappa shape index (κ2) is 9.80. The number of pyridine rings is 1. The molecule has 0 aliphatic rings. The number of aromatic nitrogens is 5. The highest BCUT2D eigenvalue weighted by molar-refractivity contribution is 5.73. The summed E-state index contributed by atoms with van der Waals surface area (Å²) in [6.45, 7) is 0. The molecule has 0 aliphatic carbocycles. The van der Waals surface area contributed by atoms with Gasteiger partial charge in [-0.1, -0.05) is 115 Å². The number of hydrogen-bond donors (Lipinski definition) is 0. The molecule has 184 valence electrons. The van der Waals surface area contributed by atoms with Crippen LogP contribution < -0.4 is 0 Å². The van der Waals surface area contributed by atoms with E-state index >= 15 is 0 Å². The molecule has 39 heavy (non-hydrogen) atoms. The maximum Gasteiger partial charge on any atom is 0.164 e. The molecule has 0 unspecified atom stereocenters. The number of nitrogens with zero attached hydrogens (tertiary/aromatic N) is 5. The minimum atomic E-state index is 0.650. The highest BCUT2D eigenvalue weighted by Crippen LogP contribution is 2.29. The van der Waals surface area contributed by atoms with Crippen LogP contribution in [0.1, 0.15) is 0 Å². The molecule has 5 heteroatoms. The monoisotopic (exact) mass is 501 g/mol. The van der Waals surface area contributed by atoms with Crippen molar-refractivity contribution in [2.75, 3.05) is 0 Å². The highest BCUT2D eigenvalue weighted by atomic mass is 15.0. The van der Waals surface area contributed by atoms with Crippen LogP contribution in [0, 0.1) is 0 Å². The molecule has 7 aromatic rings. The molecule has 0 N–H and O–H groups in total. The highest BCUT2D eigenvalue weighted by Gasteiger charge is 2.12. The molecule has 0 spiro atoms. The van der Waals surface area contributed by atoms with Crippen molar-refractivity contribution in [3.05, 3.63) is 140 Å². The Morgan fingerprint density at radius 1 is 0.385 bits per heavy atom. The van der Waals surface area contributed by atoms with Gasteiger partial charge in [0.05, 0.1) is 11.9 Å². The van der Waals surface area contributed by atoms with E-state index in [1.807, 2.05) is 91.3 Å². The predicted octanol–water partition coefficient (Wildman–Crippen LogP) is 7.85. The van der Waals surface area contributed by atoms with E-state index in [2.05, 4.69) is 57.9 Å². The van der Waals surface area contributed by atoms with Crippen molar-refractivity contribution in [3.8, 4) is 56.5 Å². The van der Waals surface area contributed by atoms with Gasteiger partial charge in [-0.15, -0.1) is 0 Å². The van der Waals surface area contributed by atoms with E-state index in [1.165, 1.54) is 0 Å². The largest absolute Gasteiger partial charge is 0.300 e. The number of rotatable bonds is 5. The minimum Gasteiger partial charge on any atom is -0.300 e. The molecule has 0 aliphatic heterocycles. The molecule has 7 rings (SSSR count). The van der Waals surface area contributed by atoms with E-state index in [1.54, 1.807) is 0 Å². The second-order valence-corrected chi connectivity index (χ2v) is 9.27. The fraction of sp³-hybridized carbons (Fsp3) is 0. The van der Waals surface area contributed by atoms with Crippen molar-refractivity contribution in [3.63, 3.8) is 0 Å². The van der Waals surface area contributed by atoms with E-state index in [-0.39, 0.29) is 0 Å². The van der Waals surface area contributed by atoms with Gasteiger partial charge in [0.1, 0.15) is 5.65 Å². The first-order valence-electron chi connectivity index (χ1n) is 12.8. The first-order valence-corrected chi connectivity index (χ1v) is 12.8. The first-order chi connectivity index (χ1) is 19.3. The standard InChI is InChI=1S/C34H23N5/c1-3-9-27(10-4-1)32-36-33(28-11-5-2-6-12-28)38-34(37-32)29-20-16-25(17-21-29)24-14-18-26(19-15-24)30-23-35-31-13-7-8-22-39(30)31/h1-23H. The molecular weight excluding hydrogens is 478 g/mol. The summed E-state index contributed by atoms with van der Waals surface area (Å²) in [5.74, 6) is 1.97. The minimum absolute atomic E-state index is 0.650. The third-order valence-corrected chi connectivity index (χ3v) is 6.77. The zero-order valence-electron chi connectivity index (χ0n) is 21.0. The summed E-state index contributed by atoms with van der Waals surface area (Å²) < 4.78 is 2.10. The lowest BCUT2D eigenvalue weighted by atomic mass is 10.0. The molecule has 0 fully saturated rings. The predicted molar refractivity (Wildman–Crippen MR) is 156 cm³/mol. The smallest absolute Gasteiger partial charge is 0.164 e. The molecule has 0 radical (unpaired) electrons. The van der Waals surface area contributed by atoms with E-state index in [0.29, 0.717) is 17.5 Å². The quantitative estimate of drug-likeness (QED) is 0.241. The summed E-state index contributed by atoms with van der Waals surface area (Å²) in [6.07, 6.45) is 3.96. The van der Waals surface area contributed by atoms with Gasteiger partial charge in [0.25, 0.3) is 0 Å². The van der Waals surface area contributed by atoms with Crippen LogP contribution in [0.3, 0.4) is 0 Å². The number of fused-ring (bicyclic) bond motifs is 1. The number of benzene rings is 4. The van der Waals surface area contributed by atoms with Gasteiger partial charge in [0.2, 0.25) is 0 Å². The maximum absolute atomic E-state index is 4.84. The summed E-state index contributed by atoms with van der Waals surface area (Å²) >= 11 is 0. The van der Waals surface area contributed by atoms with Crippen LogP contribution in [-0.4, -0.2) is 24.3 Å². The summed E-state index contributed by atoms with van der Waals surface area (Å²) in [7, 11) is 0. The van der Waals surface area contributed by atoms with Crippen molar-refractivity contribution in [1.82, 2.24) is 24.3 Å². The third kappa shape index (κ3) is 4.47. The van der Waals surface area contributed by atoms with Gasteiger partial charge in [-0.3, -0.25) is 4.40 Å². The Morgan fingerprint density at radius 2 is 0.821 bits per heavy atom. The topological polar surface area (TPSA) is 56.0 Å². The normalized spacial score (nSPS) is 11.1. The van der Waals surface area contributed by atoms with Crippen molar-refractivity contribution in [2.24, 2.45) is 0 Å². The van der Waals surface area contributed by atoms with Crippen LogP contribution in [0.2, 0.25) is 0 Å². The maximum atomic E-state index is 4.84. The Kier molecular flexibility index (Phi) is 5.72. The Bertz CT molecular complexity index is 1820. The van der Waals surface area contributed by atoms with Gasteiger partial charge in [-0.05, 0) is 23.3 Å². The second-order valence-electron chi connectivity index (χ2n) is 9.27. The summed E-state index contributed by atoms with van der Waals surface area (Å²) in [5, 5.41) is 0. The van der Waals surface area contributed by atoms with E-state index in [4.69, 9.17) is 15.0 Å². The van der Waals surface area contributed by atoms with Gasteiger partial charge in [-0.2, -0.15) is 0 Å². The molecule has 3 heterocycles. The lowest BCUT2D eigenvalue weighted by molar-refractivity contribution is 1.07. The molecule has 5 nitrogen and oxygen atoms in total. The molecule has 0 amide bonds. The average Bonchev–Trinajstić information content (AvgIpc) is 3.46. The fourth-order valence-corrected chi connectivity index (χ4v) is 4.73. The van der Waals surface area contributed by atoms with Gasteiger partial charge in [-0.25, -0.2) is 19.9 Å². The molecule has 3 aromatic heterocycles. The molecule has 0 saturated carbocycles. The fourth-order valence-electron chi connectivity index (χ4n) is 4.73. The first kappa shape index (κ1) is 22.8. The molecule has 0 atom stereocenters. The average molecular weight is 502 g/mol. The van der Waals surface area contributed by atoms with Gasteiger partial charge in [0.15, 0.2) is 17.5 Å². The van der Waals surface area contributed by atoms with Crippen LogP contribution >= 0.6 is 0 Å². The van der Waals surface area contributed by atoms with Crippen LogP contribution in [-0.2, 0) is 0 Å². The third-order valence-electron chi connectivity index (χ3n) is 6.77. The molecule has 0 saturated heterocycles. The van der Waals surface area contributed by atoms with Crippen molar-refractivity contribution in [2.45, 2.75) is 0 Å². The Hall–Kier alpha value is -5.42. The van der Waals surface area contributed by atoms with E-state index in [0.717, 1.165) is 44.7 Å². The van der Waals surface area contributed by atoms with Gasteiger partial charge < -0.3 is 0 Å². The van der Waals surface area contributed by atoms with E-state index < -0.39 is 0 Å². The summed E-state index contributed by atoms with van der Waals surface area (Å²) in [6, 6.07) is 43.1. The van der Waals surface area contributed by atoms with Crippen LogP contribution in [0.5, 0.6) is 0 Å².